The van der Waals surface area contributed by atoms with Gasteiger partial charge < -0.3 is 30.2 Å². The first-order chi connectivity index (χ1) is 17.4. The van der Waals surface area contributed by atoms with Crippen molar-refractivity contribution < 1.29 is 23.8 Å². The van der Waals surface area contributed by atoms with E-state index in [2.05, 4.69) is 20.4 Å². The smallest absolute Gasteiger partial charge is 0.253 e. The minimum Gasteiger partial charge on any atom is -0.492 e. The van der Waals surface area contributed by atoms with Gasteiger partial charge in [-0.25, -0.2) is 4.98 Å². The minimum absolute atomic E-state index is 0.0365. The van der Waals surface area contributed by atoms with Crippen LogP contribution in [0.25, 0.3) is 0 Å². The lowest BCUT2D eigenvalue weighted by Gasteiger charge is -2.17. The van der Waals surface area contributed by atoms with E-state index in [1.54, 1.807) is 24.2 Å². The Balaban J connectivity index is 1.19. The Kier molecular flexibility index (Phi) is 7.95. The Labute approximate surface area is 208 Å². The van der Waals surface area contributed by atoms with Crippen molar-refractivity contribution in [2.75, 3.05) is 37.9 Å². The van der Waals surface area contributed by atoms with Gasteiger partial charge in [-0.2, -0.15) is 10.1 Å². The first-order valence-corrected chi connectivity index (χ1v) is 11.5. The molecule has 3 heterocycles. The number of rotatable bonds is 10. The van der Waals surface area contributed by atoms with Crippen LogP contribution in [0.5, 0.6) is 11.6 Å². The molecular weight excluding hydrogens is 466 g/mol. The van der Waals surface area contributed by atoms with Crippen molar-refractivity contribution in [3.05, 3.63) is 54.5 Å². The second-order valence-electron chi connectivity index (χ2n) is 8.44. The van der Waals surface area contributed by atoms with E-state index >= 15 is 0 Å². The highest BCUT2D eigenvalue weighted by Crippen LogP contribution is 2.20. The molecule has 4 rings (SSSR count). The molecule has 1 aromatic carbocycles. The Morgan fingerprint density at radius 3 is 2.86 bits per heavy atom. The number of amides is 2. The standard InChI is InChI=1S/C24H29N7O5/c1-16-3-5-18(6-4-16)34-10-9-30(2)22(32)14-31-13-17(12-27-31)28-23(33)20-11-19(15-35-20)36-21-7-8-26-24(25)29-21/h3-8,12-13,19-20H,9-11,14-15H2,1-2H3,(H,28,33)(H2,25,26,29)/t19-,20+/m0/s1. The van der Waals surface area contributed by atoms with Gasteiger partial charge >= 0.3 is 0 Å². The molecule has 3 N–H and O–H groups in total. The highest BCUT2D eigenvalue weighted by Gasteiger charge is 2.32. The van der Waals surface area contributed by atoms with E-state index in [1.807, 2.05) is 31.2 Å². The van der Waals surface area contributed by atoms with Crippen LogP contribution in [0.4, 0.5) is 11.6 Å². The molecule has 1 aliphatic heterocycles. The molecule has 2 aromatic heterocycles. The van der Waals surface area contributed by atoms with Crippen LogP contribution in [0.1, 0.15) is 12.0 Å². The van der Waals surface area contributed by atoms with Gasteiger partial charge in [-0.3, -0.25) is 14.3 Å². The number of carbonyl (C=O) groups excluding carboxylic acids is 2. The number of hydrogen-bond donors (Lipinski definition) is 2. The van der Waals surface area contributed by atoms with E-state index in [-0.39, 0.29) is 37.0 Å². The number of ether oxygens (including phenoxy) is 3. The molecule has 1 saturated heterocycles. The molecule has 3 aromatic rings. The van der Waals surface area contributed by atoms with Crippen LogP contribution in [0.15, 0.2) is 48.9 Å². The molecule has 2 amide bonds. The highest BCUT2D eigenvalue weighted by atomic mass is 16.6. The Morgan fingerprint density at radius 2 is 2.08 bits per heavy atom. The zero-order valence-corrected chi connectivity index (χ0v) is 20.2. The van der Waals surface area contributed by atoms with E-state index in [9.17, 15) is 9.59 Å². The van der Waals surface area contributed by atoms with Crippen LogP contribution < -0.4 is 20.5 Å². The maximum Gasteiger partial charge on any atom is 0.253 e. The van der Waals surface area contributed by atoms with Crippen LogP contribution in [-0.2, 0) is 20.9 Å². The summed E-state index contributed by atoms with van der Waals surface area (Å²) < 4.78 is 18.4. The number of benzene rings is 1. The lowest BCUT2D eigenvalue weighted by atomic mass is 10.2. The molecule has 12 heteroatoms. The summed E-state index contributed by atoms with van der Waals surface area (Å²) in [6, 6.07) is 9.33. The van der Waals surface area contributed by atoms with Crippen molar-refractivity contribution in [2.45, 2.75) is 32.1 Å². The average molecular weight is 496 g/mol. The fraction of sp³-hybridized carbons (Fsp3) is 0.375. The summed E-state index contributed by atoms with van der Waals surface area (Å²) in [4.78, 5) is 34.5. The summed E-state index contributed by atoms with van der Waals surface area (Å²) in [5.41, 5.74) is 7.18. The van der Waals surface area contributed by atoms with E-state index in [1.165, 1.54) is 17.1 Å². The Bertz CT molecular complexity index is 1180. The normalized spacial score (nSPS) is 16.9. The third kappa shape index (κ3) is 6.92. The molecule has 0 unspecified atom stereocenters. The van der Waals surface area contributed by atoms with Crippen LogP contribution in [0.3, 0.4) is 0 Å². The average Bonchev–Trinajstić information content (AvgIpc) is 3.50. The van der Waals surface area contributed by atoms with Crippen molar-refractivity contribution in [1.29, 1.82) is 0 Å². The van der Waals surface area contributed by atoms with Crippen LogP contribution in [0.2, 0.25) is 0 Å². The van der Waals surface area contributed by atoms with E-state index in [0.29, 0.717) is 31.1 Å². The number of nitrogens with one attached hydrogen (secondary N) is 1. The van der Waals surface area contributed by atoms with Crippen molar-refractivity contribution >= 4 is 23.5 Å². The predicted molar refractivity (Wildman–Crippen MR) is 130 cm³/mol. The second kappa shape index (κ2) is 11.5. The monoisotopic (exact) mass is 495 g/mol. The predicted octanol–water partition coefficient (Wildman–Crippen LogP) is 1.28. The molecule has 12 nitrogen and oxygen atoms in total. The molecule has 0 spiro atoms. The summed E-state index contributed by atoms with van der Waals surface area (Å²) in [7, 11) is 1.71. The number of nitrogen functional groups attached to an aromatic ring is 1. The molecule has 190 valence electrons. The highest BCUT2D eigenvalue weighted by molar-refractivity contribution is 5.94. The number of aryl methyl sites for hydroxylation is 1. The molecule has 0 bridgehead atoms. The maximum absolute atomic E-state index is 12.6. The molecule has 36 heavy (non-hydrogen) atoms. The summed E-state index contributed by atoms with van der Waals surface area (Å²) in [6.45, 7) is 3.10. The molecule has 2 atom stereocenters. The van der Waals surface area contributed by atoms with Crippen molar-refractivity contribution in [1.82, 2.24) is 24.6 Å². The fourth-order valence-electron chi connectivity index (χ4n) is 3.51. The lowest BCUT2D eigenvalue weighted by Crippen LogP contribution is -2.33. The van der Waals surface area contributed by atoms with Gasteiger partial charge in [0, 0.05) is 31.9 Å². The molecule has 1 fully saturated rings. The van der Waals surface area contributed by atoms with Crippen molar-refractivity contribution in [3.8, 4) is 11.6 Å². The summed E-state index contributed by atoms with van der Waals surface area (Å²) in [5, 5.41) is 6.93. The van der Waals surface area contributed by atoms with Crippen LogP contribution in [0, 0.1) is 6.92 Å². The van der Waals surface area contributed by atoms with Gasteiger partial charge in [-0.05, 0) is 19.1 Å². The Morgan fingerprint density at radius 1 is 1.28 bits per heavy atom. The quantitative estimate of drug-likeness (QED) is 0.424. The number of nitrogens with two attached hydrogens (primary N) is 1. The van der Waals surface area contributed by atoms with Crippen LogP contribution >= 0.6 is 0 Å². The number of likely N-dealkylation sites (N-methyl/N-ethyl adjacent to an activating group) is 1. The number of carbonyl (C=O) groups is 2. The van der Waals surface area contributed by atoms with Gasteiger partial charge in [0.2, 0.25) is 17.7 Å². The van der Waals surface area contributed by atoms with Crippen molar-refractivity contribution in [2.24, 2.45) is 0 Å². The SMILES string of the molecule is Cc1ccc(OCCN(C)C(=O)Cn2cc(NC(=O)[C@H]3C[C@H](Oc4ccnc(N)n4)CO3)cn2)cc1. The zero-order chi connectivity index (χ0) is 25.5. The maximum atomic E-state index is 12.6. The van der Waals surface area contributed by atoms with E-state index < -0.39 is 6.10 Å². The molecule has 0 saturated carbocycles. The van der Waals surface area contributed by atoms with Crippen molar-refractivity contribution in [3.63, 3.8) is 0 Å². The van der Waals surface area contributed by atoms with Gasteiger partial charge in [0.25, 0.3) is 5.91 Å². The molecule has 0 aliphatic carbocycles. The summed E-state index contributed by atoms with van der Waals surface area (Å²) in [6.07, 6.45) is 3.92. The minimum atomic E-state index is -0.682. The van der Waals surface area contributed by atoms with Gasteiger partial charge in [0.05, 0.1) is 25.0 Å². The largest absolute Gasteiger partial charge is 0.492 e. The number of anilines is 2. The Hall–Kier alpha value is -4.19. The topological polar surface area (TPSA) is 147 Å². The van der Waals surface area contributed by atoms with Gasteiger partial charge in [-0.1, -0.05) is 17.7 Å². The number of nitrogens with zero attached hydrogens (tertiary/aromatic N) is 5. The van der Waals surface area contributed by atoms with Gasteiger partial charge in [0.15, 0.2) is 0 Å². The lowest BCUT2D eigenvalue weighted by molar-refractivity contribution is -0.131. The number of aromatic nitrogens is 4. The van der Waals surface area contributed by atoms with Gasteiger partial charge in [-0.15, -0.1) is 0 Å². The van der Waals surface area contributed by atoms with E-state index in [4.69, 9.17) is 19.9 Å². The summed E-state index contributed by atoms with van der Waals surface area (Å²) in [5.74, 6) is 0.747. The molecule has 1 aliphatic rings. The molecule has 0 radical (unpaired) electrons. The third-order valence-corrected chi connectivity index (χ3v) is 5.53. The second-order valence-corrected chi connectivity index (χ2v) is 8.44. The number of hydrogen-bond acceptors (Lipinski definition) is 9. The van der Waals surface area contributed by atoms with Gasteiger partial charge in [0.1, 0.15) is 31.1 Å². The zero-order valence-electron chi connectivity index (χ0n) is 20.2. The van der Waals surface area contributed by atoms with E-state index in [0.717, 1.165) is 11.3 Å². The van der Waals surface area contributed by atoms with Crippen LogP contribution in [-0.4, -0.2) is 75.5 Å². The first kappa shape index (κ1) is 24.9. The fourth-order valence-corrected chi connectivity index (χ4v) is 3.51. The summed E-state index contributed by atoms with van der Waals surface area (Å²) >= 11 is 0. The first-order valence-electron chi connectivity index (χ1n) is 11.5. The third-order valence-electron chi connectivity index (χ3n) is 5.53. The molecular formula is C24H29N7O5.